The van der Waals surface area contributed by atoms with Crippen LogP contribution in [0.2, 0.25) is 0 Å². The predicted molar refractivity (Wildman–Crippen MR) is 150 cm³/mol. The molecule has 8 nitrogen and oxygen atoms in total. The van der Waals surface area contributed by atoms with E-state index >= 15 is 0 Å². The van der Waals surface area contributed by atoms with Gasteiger partial charge < -0.3 is 15.0 Å². The Morgan fingerprint density at radius 2 is 1.69 bits per heavy atom. The number of nitrogens with one attached hydrogen (secondary N) is 1. The van der Waals surface area contributed by atoms with E-state index in [1.165, 1.54) is 26.2 Å². The third-order valence-electron chi connectivity index (χ3n) is 7.48. The number of carboxylic acids is 1. The van der Waals surface area contributed by atoms with Crippen LogP contribution in [0.5, 0.6) is 0 Å². The summed E-state index contributed by atoms with van der Waals surface area (Å²) < 4.78 is 2.31. The molecule has 1 saturated carbocycles. The highest BCUT2D eigenvalue weighted by molar-refractivity contribution is 5.99. The van der Waals surface area contributed by atoms with Crippen LogP contribution in [0.25, 0.3) is 44.7 Å². The molecule has 39 heavy (non-hydrogen) atoms. The first-order chi connectivity index (χ1) is 19.0. The fourth-order valence-electron chi connectivity index (χ4n) is 5.39. The predicted octanol–water partition coefficient (Wildman–Crippen LogP) is 6.02. The Labute approximate surface area is 225 Å². The smallest absolute Gasteiger partial charge is 0.325 e. The zero-order valence-corrected chi connectivity index (χ0v) is 21.7. The Balaban J connectivity index is 1.42. The number of imidazole rings is 1. The summed E-state index contributed by atoms with van der Waals surface area (Å²) >= 11 is 0. The number of fused-ring (bicyclic) bond motifs is 2. The van der Waals surface area contributed by atoms with E-state index in [9.17, 15) is 9.59 Å². The third-order valence-corrected chi connectivity index (χ3v) is 7.48. The first kappa shape index (κ1) is 24.7. The summed E-state index contributed by atoms with van der Waals surface area (Å²) in [7, 11) is 0. The van der Waals surface area contributed by atoms with Gasteiger partial charge in [-0.15, -0.1) is 0 Å². The lowest BCUT2D eigenvalue weighted by molar-refractivity contribution is -0.138. The minimum Gasteiger partial charge on any atom is -0.480 e. The molecule has 0 radical (unpaired) electrons. The zero-order valence-electron chi connectivity index (χ0n) is 21.7. The SMILES string of the molecule is C[C@H](NC(=O)c1ccc2c(c1)nc(-c1ccc3nc(-c4ccccc4)cnc3c1)n2C1CCCCC1)C(=O)O. The molecule has 1 fully saturated rings. The molecule has 1 amide bonds. The van der Waals surface area contributed by atoms with Gasteiger partial charge in [-0.1, -0.05) is 49.6 Å². The number of carboxylic acid groups (broad SMARTS) is 1. The molecule has 5 aromatic rings. The molecule has 2 aromatic heterocycles. The molecule has 0 bridgehead atoms. The van der Waals surface area contributed by atoms with Crippen molar-refractivity contribution in [2.24, 2.45) is 0 Å². The van der Waals surface area contributed by atoms with Gasteiger partial charge in [-0.2, -0.15) is 0 Å². The second-order valence-electron chi connectivity index (χ2n) is 10.2. The van der Waals surface area contributed by atoms with Crippen LogP contribution in [0.4, 0.5) is 0 Å². The number of nitrogens with zero attached hydrogens (tertiary/aromatic N) is 4. The molecule has 0 unspecified atom stereocenters. The number of aliphatic carboxylic acids is 1. The van der Waals surface area contributed by atoms with Gasteiger partial charge in [0.1, 0.15) is 11.9 Å². The maximum Gasteiger partial charge on any atom is 0.325 e. The Kier molecular flexibility index (Phi) is 6.52. The maximum atomic E-state index is 12.7. The lowest BCUT2D eigenvalue weighted by Crippen LogP contribution is -2.38. The van der Waals surface area contributed by atoms with Crippen molar-refractivity contribution in [1.29, 1.82) is 0 Å². The Morgan fingerprint density at radius 1 is 0.897 bits per heavy atom. The topological polar surface area (TPSA) is 110 Å². The number of amides is 1. The van der Waals surface area contributed by atoms with Gasteiger partial charge in [-0.3, -0.25) is 14.6 Å². The van der Waals surface area contributed by atoms with Crippen molar-refractivity contribution >= 4 is 33.9 Å². The maximum absolute atomic E-state index is 12.7. The molecule has 0 spiro atoms. The fraction of sp³-hybridized carbons (Fsp3) is 0.258. The molecule has 1 atom stereocenters. The first-order valence-corrected chi connectivity index (χ1v) is 13.4. The van der Waals surface area contributed by atoms with Gasteiger partial charge in [0.25, 0.3) is 5.91 Å². The average Bonchev–Trinajstić information content (AvgIpc) is 3.36. The normalized spacial score (nSPS) is 14.9. The van der Waals surface area contributed by atoms with Gasteiger partial charge >= 0.3 is 5.97 Å². The number of benzene rings is 3. The van der Waals surface area contributed by atoms with Crippen molar-refractivity contribution in [3.8, 4) is 22.6 Å². The van der Waals surface area contributed by atoms with E-state index in [0.717, 1.165) is 52.0 Å². The molecule has 2 heterocycles. The molecule has 1 aliphatic carbocycles. The van der Waals surface area contributed by atoms with Crippen molar-refractivity contribution in [3.05, 3.63) is 78.5 Å². The number of hydrogen-bond donors (Lipinski definition) is 2. The van der Waals surface area contributed by atoms with E-state index in [1.54, 1.807) is 18.3 Å². The van der Waals surface area contributed by atoms with E-state index in [4.69, 9.17) is 20.1 Å². The van der Waals surface area contributed by atoms with Crippen LogP contribution < -0.4 is 5.32 Å². The van der Waals surface area contributed by atoms with E-state index < -0.39 is 17.9 Å². The fourth-order valence-corrected chi connectivity index (χ4v) is 5.39. The van der Waals surface area contributed by atoms with Gasteiger partial charge in [0.15, 0.2) is 0 Å². The van der Waals surface area contributed by atoms with Gasteiger partial charge in [0.05, 0.1) is 34.0 Å². The lowest BCUT2D eigenvalue weighted by Gasteiger charge is -2.25. The average molecular weight is 520 g/mol. The number of rotatable bonds is 6. The molecule has 2 N–H and O–H groups in total. The zero-order chi connectivity index (χ0) is 26.9. The molecule has 0 saturated heterocycles. The lowest BCUT2D eigenvalue weighted by atomic mass is 9.94. The molecule has 6 rings (SSSR count). The summed E-state index contributed by atoms with van der Waals surface area (Å²) in [5.74, 6) is -0.677. The molecule has 196 valence electrons. The van der Waals surface area contributed by atoms with E-state index in [0.29, 0.717) is 17.1 Å². The van der Waals surface area contributed by atoms with Crippen LogP contribution >= 0.6 is 0 Å². The van der Waals surface area contributed by atoms with Gasteiger partial charge in [-0.25, -0.2) is 9.97 Å². The summed E-state index contributed by atoms with van der Waals surface area (Å²) in [6, 6.07) is 20.8. The first-order valence-electron chi connectivity index (χ1n) is 13.4. The molecular formula is C31H29N5O3. The summed E-state index contributed by atoms with van der Waals surface area (Å²) in [5.41, 5.74) is 6.44. The Hall–Kier alpha value is -4.59. The molecule has 3 aromatic carbocycles. The molecular weight excluding hydrogens is 490 g/mol. The molecule has 1 aliphatic rings. The number of hydrogen-bond acceptors (Lipinski definition) is 5. The highest BCUT2D eigenvalue weighted by Gasteiger charge is 2.24. The minimum absolute atomic E-state index is 0.313. The highest BCUT2D eigenvalue weighted by atomic mass is 16.4. The van der Waals surface area contributed by atoms with Crippen molar-refractivity contribution in [3.63, 3.8) is 0 Å². The number of carbonyl (C=O) groups excluding carboxylic acids is 1. The van der Waals surface area contributed by atoms with Gasteiger partial charge in [-0.05, 0) is 56.2 Å². The van der Waals surface area contributed by atoms with Crippen molar-refractivity contribution in [2.45, 2.75) is 51.1 Å². The van der Waals surface area contributed by atoms with E-state index in [2.05, 4.69) is 9.88 Å². The van der Waals surface area contributed by atoms with Crippen molar-refractivity contribution in [2.75, 3.05) is 0 Å². The van der Waals surface area contributed by atoms with Crippen molar-refractivity contribution in [1.82, 2.24) is 24.8 Å². The molecule has 0 aliphatic heterocycles. The van der Waals surface area contributed by atoms with Crippen LogP contribution in [0.15, 0.2) is 72.9 Å². The summed E-state index contributed by atoms with van der Waals surface area (Å²) in [6.45, 7) is 1.44. The Morgan fingerprint density at radius 3 is 2.46 bits per heavy atom. The monoisotopic (exact) mass is 519 g/mol. The van der Waals surface area contributed by atoms with Gasteiger partial charge in [0, 0.05) is 22.7 Å². The van der Waals surface area contributed by atoms with E-state index in [-0.39, 0.29) is 0 Å². The number of carbonyl (C=O) groups is 2. The summed E-state index contributed by atoms with van der Waals surface area (Å²) in [4.78, 5) is 38.5. The number of aromatic nitrogens is 4. The highest BCUT2D eigenvalue weighted by Crippen LogP contribution is 2.36. The summed E-state index contributed by atoms with van der Waals surface area (Å²) in [6.07, 6.45) is 7.52. The summed E-state index contributed by atoms with van der Waals surface area (Å²) in [5, 5.41) is 11.7. The second-order valence-corrected chi connectivity index (χ2v) is 10.2. The third kappa shape index (κ3) is 4.85. The quantitative estimate of drug-likeness (QED) is 0.284. The van der Waals surface area contributed by atoms with Gasteiger partial charge in [0.2, 0.25) is 0 Å². The van der Waals surface area contributed by atoms with Crippen LogP contribution in [-0.4, -0.2) is 42.5 Å². The van der Waals surface area contributed by atoms with Crippen LogP contribution in [0, 0.1) is 0 Å². The molecule has 8 heteroatoms. The van der Waals surface area contributed by atoms with Crippen molar-refractivity contribution < 1.29 is 14.7 Å². The standard InChI is InChI=1S/C31H29N5O3/c1-19(31(38)39)33-30(37)22-13-15-28-26(17-22)35-29(36(28)23-10-6-3-7-11-23)21-12-14-24-25(16-21)32-18-27(34-24)20-8-4-2-5-9-20/h2,4-5,8-9,12-19,23H,3,6-7,10-11H2,1H3,(H,33,37)(H,38,39)/t19-/m0/s1. The largest absolute Gasteiger partial charge is 0.480 e. The van der Waals surface area contributed by atoms with Crippen LogP contribution in [0.1, 0.15) is 55.4 Å². The second kappa shape index (κ2) is 10.3. The minimum atomic E-state index is -1.08. The Bertz CT molecular complexity index is 1690. The van der Waals surface area contributed by atoms with Crippen LogP contribution in [-0.2, 0) is 4.79 Å². The van der Waals surface area contributed by atoms with Crippen LogP contribution in [0.3, 0.4) is 0 Å². The van der Waals surface area contributed by atoms with E-state index in [1.807, 2.05) is 54.6 Å².